The Kier molecular flexibility index (Phi) is 4.98. The summed E-state index contributed by atoms with van der Waals surface area (Å²) in [6, 6.07) is 0.208. The van der Waals surface area contributed by atoms with E-state index in [1.165, 1.54) is 4.88 Å². The second-order valence-corrected chi connectivity index (χ2v) is 7.43. The number of nitrogens with one attached hydrogen (secondary N) is 1. The summed E-state index contributed by atoms with van der Waals surface area (Å²) < 4.78 is 37.2. The zero-order valence-corrected chi connectivity index (χ0v) is 13.6. The summed E-state index contributed by atoms with van der Waals surface area (Å²) in [5.41, 5.74) is 0.691. The third kappa shape index (κ3) is 4.42. The molecule has 0 radical (unpaired) electrons. The molecule has 1 aromatic heterocycles. The maximum Gasteiger partial charge on any atom is 0.389 e. The number of aryl methyl sites for hydroxylation is 2. The fraction of sp³-hybridized carbons (Fsp3) is 0.800. The van der Waals surface area contributed by atoms with Crippen LogP contribution in [0.25, 0.3) is 0 Å². The summed E-state index contributed by atoms with van der Waals surface area (Å²) in [5, 5.41) is 4.38. The molecule has 2 rings (SSSR count). The van der Waals surface area contributed by atoms with Crippen LogP contribution in [-0.4, -0.2) is 17.2 Å². The van der Waals surface area contributed by atoms with Gasteiger partial charge in [-0.2, -0.15) is 13.2 Å². The lowest BCUT2D eigenvalue weighted by Crippen LogP contribution is -2.43. The first-order valence-corrected chi connectivity index (χ1v) is 8.35. The highest BCUT2D eigenvalue weighted by Crippen LogP contribution is 2.37. The van der Waals surface area contributed by atoms with Gasteiger partial charge < -0.3 is 5.32 Å². The van der Waals surface area contributed by atoms with Crippen molar-refractivity contribution < 1.29 is 13.2 Å². The monoisotopic (exact) mass is 320 g/mol. The molecule has 0 amide bonds. The average Bonchev–Trinajstić information content (AvgIpc) is 2.85. The van der Waals surface area contributed by atoms with E-state index in [0.29, 0.717) is 6.42 Å². The SMILES string of the molecule is CC(C)NC(C)(CCCC(F)(F)F)c1nc2c(s1)CCC2. The van der Waals surface area contributed by atoms with E-state index < -0.39 is 18.1 Å². The minimum Gasteiger partial charge on any atom is -0.303 e. The molecule has 1 heterocycles. The van der Waals surface area contributed by atoms with E-state index >= 15 is 0 Å². The van der Waals surface area contributed by atoms with Crippen LogP contribution in [0, 0.1) is 0 Å². The maximum atomic E-state index is 12.4. The Bertz CT molecular complexity index is 460. The molecule has 0 bridgehead atoms. The topological polar surface area (TPSA) is 24.9 Å². The molecule has 1 aliphatic rings. The molecule has 0 fully saturated rings. The van der Waals surface area contributed by atoms with E-state index in [9.17, 15) is 13.2 Å². The largest absolute Gasteiger partial charge is 0.389 e. The molecular formula is C15H23F3N2S. The summed E-state index contributed by atoms with van der Waals surface area (Å²) >= 11 is 1.67. The number of rotatable bonds is 6. The van der Waals surface area contributed by atoms with Gasteiger partial charge in [-0.05, 0) is 52.9 Å². The quantitative estimate of drug-likeness (QED) is 0.830. The molecular weight excluding hydrogens is 297 g/mol. The molecule has 0 aromatic carbocycles. The van der Waals surface area contributed by atoms with E-state index in [0.717, 1.165) is 30.0 Å². The summed E-state index contributed by atoms with van der Waals surface area (Å²) in [6.07, 6.45) is -1.01. The molecule has 120 valence electrons. The van der Waals surface area contributed by atoms with Crippen LogP contribution in [0.15, 0.2) is 0 Å². The van der Waals surface area contributed by atoms with Crippen molar-refractivity contribution in [2.45, 2.75) is 77.1 Å². The zero-order chi connectivity index (χ0) is 15.7. The molecule has 0 saturated carbocycles. The highest BCUT2D eigenvalue weighted by molar-refractivity contribution is 7.12. The van der Waals surface area contributed by atoms with Crippen LogP contribution in [0.5, 0.6) is 0 Å². The normalized spacial score (nSPS) is 18.0. The number of hydrogen-bond acceptors (Lipinski definition) is 3. The molecule has 21 heavy (non-hydrogen) atoms. The number of nitrogens with zero attached hydrogens (tertiary/aromatic N) is 1. The third-order valence-corrected chi connectivity index (χ3v) is 5.23. The van der Waals surface area contributed by atoms with Gasteiger partial charge in [0.2, 0.25) is 0 Å². The molecule has 1 unspecified atom stereocenters. The second-order valence-electron chi connectivity index (χ2n) is 6.34. The highest BCUT2D eigenvalue weighted by atomic mass is 32.1. The predicted molar refractivity (Wildman–Crippen MR) is 79.7 cm³/mol. The maximum absolute atomic E-state index is 12.4. The Morgan fingerprint density at radius 3 is 2.52 bits per heavy atom. The summed E-state index contributed by atoms with van der Waals surface area (Å²) in [4.78, 5) is 6.02. The Balaban J connectivity index is 2.11. The molecule has 0 saturated heterocycles. The predicted octanol–water partition coefficient (Wildman–Crippen LogP) is 4.58. The lowest BCUT2D eigenvalue weighted by atomic mass is 9.94. The number of fused-ring (bicyclic) bond motifs is 1. The van der Waals surface area contributed by atoms with Crippen LogP contribution < -0.4 is 5.32 Å². The summed E-state index contributed by atoms with van der Waals surface area (Å²) in [7, 11) is 0. The van der Waals surface area contributed by atoms with Crippen molar-refractivity contribution >= 4 is 11.3 Å². The van der Waals surface area contributed by atoms with Crippen LogP contribution in [0.4, 0.5) is 13.2 Å². The first kappa shape index (κ1) is 16.7. The highest BCUT2D eigenvalue weighted by Gasteiger charge is 2.34. The average molecular weight is 320 g/mol. The van der Waals surface area contributed by atoms with Crippen molar-refractivity contribution in [3.8, 4) is 0 Å². The van der Waals surface area contributed by atoms with Crippen LogP contribution in [0.1, 0.15) is 62.0 Å². The van der Waals surface area contributed by atoms with Crippen LogP contribution in [0.2, 0.25) is 0 Å². The lowest BCUT2D eigenvalue weighted by Gasteiger charge is -2.31. The van der Waals surface area contributed by atoms with Crippen molar-refractivity contribution in [2.24, 2.45) is 0 Å². The smallest absolute Gasteiger partial charge is 0.303 e. The third-order valence-electron chi connectivity index (χ3n) is 3.81. The van der Waals surface area contributed by atoms with Gasteiger partial charge in [0, 0.05) is 17.3 Å². The standard InChI is InChI=1S/C15H23F3N2S/c1-10(2)20-14(3,8-5-9-15(16,17)18)13-19-11-6-4-7-12(11)21-13/h10,20H,4-9H2,1-3H3. The van der Waals surface area contributed by atoms with Crippen molar-refractivity contribution in [2.75, 3.05) is 0 Å². The molecule has 1 aromatic rings. The van der Waals surface area contributed by atoms with Gasteiger partial charge in [-0.3, -0.25) is 0 Å². The van der Waals surface area contributed by atoms with Crippen molar-refractivity contribution in [1.29, 1.82) is 0 Å². The molecule has 0 spiro atoms. The van der Waals surface area contributed by atoms with E-state index in [2.05, 4.69) is 5.32 Å². The van der Waals surface area contributed by atoms with Crippen LogP contribution in [-0.2, 0) is 18.4 Å². The van der Waals surface area contributed by atoms with Crippen molar-refractivity contribution in [3.63, 3.8) is 0 Å². The lowest BCUT2D eigenvalue weighted by molar-refractivity contribution is -0.136. The zero-order valence-electron chi connectivity index (χ0n) is 12.8. The Hall–Kier alpha value is -0.620. The fourth-order valence-corrected chi connectivity index (χ4v) is 4.23. The van der Waals surface area contributed by atoms with Gasteiger partial charge in [0.15, 0.2) is 0 Å². The minimum absolute atomic E-state index is 0.129. The number of hydrogen-bond donors (Lipinski definition) is 1. The van der Waals surface area contributed by atoms with Crippen molar-refractivity contribution in [3.05, 3.63) is 15.6 Å². The van der Waals surface area contributed by atoms with Crippen LogP contribution in [0.3, 0.4) is 0 Å². The first-order chi connectivity index (χ1) is 9.70. The molecule has 6 heteroatoms. The molecule has 2 nitrogen and oxygen atoms in total. The van der Waals surface area contributed by atoms with E-state index in [-0.39, 0.29) is 12.5 Å². The number of halogens is 3. The number of alkyl halides is 3. The molecule has 0 aliphatic heterocycles. The van der Waals surface area contributed by atoms with E-state index in [4.69, 9.17) is 4.98 Å². The number of thiazole rings is 1. The second kappa shape index (κ2) is 6.24. The van der Waals surface area contributed by atoms with Gasteiger partial charge in [0.25, 0.3) is 0 Å². The summed E-state index contributed by atoms with van der Waals surface area (Å²) in [6.45, 7) is 6.02. The van der Waals surface area contributed by atoms with Gasteiger partial charge in [0.1, 0.15) is 5.01 Å². The molecule has 1 aliphatic carbocycles. The van der Waals surface area contributed by atoms with Gasteiger partial charge in [-0.15, -0.1) is 11.3 Å². The number of aromatic nitrogens is 1. The Morgan fingerprint density at radius 1 is 1.24 bits per heavy atom. The van der Waals surface area contributed by atoms with E-state index in [1.54, 1.807) is 11.3 Å². The summed E-state index contributed by atoms with van der Waals surface area (Å²) in [5.74, 6) is 0. The molecule has 1 N–H and O–H groups in total. The van der Waals surface area contributed by atoms with E-state index in [1.807, 2.05) is 20.8 Å². The Labute approximate surface area is 128 Å². The van der Waals surface area contributed by atoms with Gasteiger partial charge in [0.05, 0.1) is 11.2 Å². The molecule has 1 atom stereocenters. The van der Waals surface area contributed by atoms with Crippen LogP contribution >= 0.6 is 11.3 Å². The Morgan fingerprint density at radius 2 is 1.95 bits per heavy atom. The van der Waals surface area contributed by atoms with Gasteiger partial charge >= 0.3 is 6.18 Å². The minimum atomic E-state index is -4.08. The fourth-order valence-electron chi connectivity index (χ4n) is 2.95. The van der Waals surface area contributed by atoms with Crippen molar-refractivity contribution in [1.82, 2.24) is 10.3 Å². The van der Waals surface area contributed by atoms with Gasteiger partial charge in [-0.25, -0.2) is 4.98 Å². The first-order valence-electron chi connectivity index (χ1n) is 7.53. The van der Waals surface area contributed by atoms with Gasteiger partial charge in [-0.1, -0.05) is 0 Å².